The number of rotatable bonds is 0. The molecule has 2 aromatic rings. The van der Waals surface area contributed by atoms with Crippen LogP contribution < -0.4 is 0 Å². The summed E-state index contributed by atoms with van der Waals surface area (Å²) < 4.78 is 2.08. The first-order valence-corrected chi connectivity index (χ1v) is 4.79. The molecule has 2 rings (SSSR count). The number of hydrogen-bond donors (Lipinski definition) is 0. The fourth-order valence-corrected chi connectivity index (χ4v) is 1.64. The van der Waals surface area contributed by atoms with Gasteiger partial charge in [-0.3, -0.25) is 4.98 Å². The van der Waals surface area contributed by atoms with Crippen molar-refractivity contribution in [2.75, 3.05) is 0 Å². The smallest absolute Gasteiger partial charge is 0.110 e. The van der Waals surface area contributed by atoms with Crippen molar-refractivity contribution in [3.63, 3.8) is 0 Å². The minimum absolute atomic E-state index is 0.0720. The van der Waals surface area contributed by atoms with E-state index in [1.165, 1.54) is 0 Å². The molecule has 0 saturated carbocycles. The molecule has 0 unspecified atom stereocenters. The van der Waals surface area contributed by atoms with Gasteiger partial charge < -0.3 is 4.40 Å². The largest absolute Gasteiger partial charge is 0.301 e. The SMILES string of the molecule is Cc1nc(C(C)(C)C)c2cnccn12. The molecule has 0 aliphatic rings. The summed E-state index contributed by atoms with van der Waals surface area (Å²) in [5.74, 6) is 1.02. The van der Waals surface area contributed by atoms with E-state index in [2.05, 4.69) is 35.1 Å². The number of fused-ring (bicyclic) bond motifs is 1. The standard InChI is InChI=1S/C11H15N3/c1-8-13-10(11(2,3)4)9-7-12-5-6-14(8)9/h5-7H,1-4H3. The number of hydrogen-bond acceptors (Lipinski definition) is 2. The summed E-state index contributed by atoms with van der Waals surface area (Å²) in [5.41, 5.74) is 2.29. The lowest BCUT2D eigenvalue weighted by atomic mass is 9.92. The average Bonchev–Trinajstić information content (AvgIpc) is 2.44. The fraction of sp³-hybridized carbons (Fsp3) is 0.455. The molecule has 0 radical (unpaired) electrons. The highest BCUT2D eigenvalue weighted by Gasteiger charge is 2.21. The molecule has 0 saturated heterocycles. The molecule has 0 atom stereocenters. The third kappa shape index (κ3) is 1.29. The van der Waals surface area contributed by atoms with Crippen LogP contribution in [0.4, 0.5) is 0 Å². The normalized spacial score (nSPS) is 12.3. The topological polar surface area (TPSA) is 30.2 Å². The van der Waals surface area contributed by atoms with Gasteiger partial charge in [-0.1, -0.05) is 20.8 Å². The molecule has 0 aliphatic heterocycles. The zero-order valence-electron chi connectivity index (χ0n) is 9.07. The van der Waals surface area contributed by atoms with Crippen molar-refractivity contribution in [1.82, 2.24) is 14.4 Å². The van der Waals surface area contributed by atoms with Gasteiger partial charge in [0.05, 0.1) is 17.4 Å². The van der Waals surface area contributed by atoms with E-state index >= 15 is 0 Å². The Morgan fingerprint density at radius 1 is 1.29 bits per heavy atom. The number of nitrogens with zero attached hydrogens (tertiary/aromatic N) is 3. The first-order chi connectivity index (χ1) is 6.50. The summed E-state index contributed by atoms with van der Waals surface area (Å²) in [6.07, 6.45) is 5.61. The Morgan fingerprint density at radius 2 is 2.00 bits per heavy atom. The summed E-state index contributed by atoms with van der Waals surface area (Å²) in [7, 11) is 0. The Morgan fingerprint density at radius 3 is 2.64 bits per heavy atom. The van der Waals surface area contributed by atoms with Crippen molar-refractivity contribution in [3.8, 4) is 0 Å². The van der Waals surface area contributed by atoms with Crippen LogP contribution in [0.1, 0.15) is 32.3 Å². The third-order valence-corrected chi connectivity index (χ3v) is 2.33. The Kier molecular flexibility index (Phi) is 1.84. The number of aromatic nitrogens is 3. The Balaban J connectivity index is 2.80. The quantitative estimate of drug-likeness (QED) is 0.636. The molecule has 0 amide bonds. The first-order valence-electron chi connectivity index (χ1n) is 4.79. The van der Waals surface area contributed by atoms with Crippen molar-refractivity contribution in [1.29, 1.82) is 0 Å². The predicted octanol–water partition coefficient (Wildman–Crippen LogP) is 2.34. The van der Waals surface area contributed by atoms with Crippen molar-refractivity contribution in [3.05, 3.63) is 30.1 Å². The van der Waals surface area contributed by atoms with Gasteiger partial charge in [-0.05, 0) is 6.92 Å². The van der Waals surface area contributed by atoms with Crippen LogP contribution in [-0.2, 0) is 5.41 Å². The molecule has 2 aromatic heterocycles. The van der Waals surface area contributed by atoms with Crippen LogP contribution in [0.15, 0.2) is 18.6 Å². The van der Waals surface area contributed by atoms with Gasteiger partial charge in [0.25, 0.3) is 0 Å². The monoisotopic (exact) mass is 189 g/mol. The molecule has 0 spiro atoms. The van der Waals surface area contributed by atoms with Gasteiger partial charge in [-0.2, -0.15) is 0 Å². The fourth-order valence-electron chi connectivity index (χ4n) is 1.64. The molecule has 0 fully saturated rings. The summed E-state index contributed by atoms with van der Waals surface area (Å²) in [4.78, 5) is 8.72. The van der Waals surface area contributed by atoms with Crippen molar-refractivity contribution in [2.24, 2.45) is 0 Å². The van der Waals surface area contributed by atoms with Gasteiger partial charge in [0.1, 0.15) is 5.82 Å². The Labute approximate surface area is 83.8 Å². The van der Waals surface area contributed by atoms with Crippen LogP contribution in [-0.4, -0.2) is 14.4 Å². The number of imidazole rings is 1. The van der Waals surface area contributed by atoms with E-state index in [0.717, 1.165) is 17.0 Å². The first kappa shape index (κ1) is 9.19. The second-order valence-electron chi connectivity index (χ2n) is 4.59. The van der Waals surface area contributed by atoms with Gasteiger partial charge in [-0.25, -0.2) is 4.98 Å². The molecule has 3 nitrogen and oxygen atoms in total. The molecule has 0 aliphatic carbocycles. The summed E-state index contributed by atoms with van der Waals surface area (Å²) in [6, 6.07) is 0. The van der Waals surface area contributed by atoms with E-state index in [-0.39, 0.29) is 5.41 Å². The van der Waals surface area contributed by atoms with Crippen LogP contribution in [0.25, 0.3) is 5.52 Å². The molecule has 2 heterocycles. The van der Waals surface area contributed by atoms with Crippen molar-refractivity contribution < 1.29 is 0 Å². The van der Waals surface area contributed by atoms with Crippen LogP contribution in [0, 0.1) is 6.92 Å². The summed E-state index contributed by atoms with van der Waals surface area (Å²) in [6.45, 7) is 8.52. The summed E-state index contributed by atoms with van der Waals surface area (Å²) >= 11 is 0. The molecular formula is C11H15N3. The zero-order chi connectivity index (χ0) is 10.3. The molecule has 74 valence electrons. The van der Waals surface area contributed by atoms with Crippen LogP contribution in [0.5, 0.6) is 0 Å². The van der Waals surface area contributed by atoms with E-state index in [9.17, 15) is 0 Å². The highest BCUT2D eigenvalue weighted by molar-refractivity contribution is 5.53. The Hall–Kier alpha value is -1.38. The Bertz CT molecular complexity index is 463. The maximum atomic E-state index is 4.58. The minimum atomic E-state index is 0.0720. The van der Waals surface area contributed by atoms with E-state index in [1.807, 2.05) is 19.3 Å². The van der Waals surface area contributed by atoms with Crippen LogP contribution in [0.2, 0.25) is 0 Å². The minimum Gasteiger partial charge on any atom is -0.301 e. The second kappa shape index (κ2) is 2.80. The average molecular weight is 189 g/mol. The maximum absolute atomic E-state index is 4.58. The molecule has 14 heavy (non-hydrogen) atoms. The molecule has 0 bridgehead atoms. The van der Waals surface area contributed by atoms with Crippen molar-refractivity contribution >= 4 is 5.52 Å². The van der Waals surface area contributed by atoms with Crippen LogP contribution >= 0.6 is 0 Å². The highest BCUT2D eigenvalue weighted by Crippen LogP contribution is 2.25. The maximum Gasteiger partial charge on any atom is 0.110 e. The van der Waals surface area contributed by atoms with Crippen molar-refractivity contribution in [2.45, 2.75) is 33.1 Å². The lowest BCUT2D eigenvalue weighted by Gasteiger charge is -2.15. The van der Waals surface area contributed by atoms with Crippen LogP contribution in [0.3, 0.4) is 0 Å². The highest BCUT2D eigenvalue weighted by atomic mass is 15.0. The lowest BCUT2D eigenvalue weighted by molar-refractivity contribution is 0.576. The molecule has 0 N–H and O–H groups in total. The molecule has 3 heteroatoms. The second-order valence-corrected chi connectivity index (χ2v) is 4.59. The summed E-state index contributed by atoms with van der Waals surface area (Å²) in [5, 5.41) is 0. The third-order valence-electron chi connectivity index (χ3n) is 2.33. The van der Waals surface area contributed by atoms with E-state index in [1.54, 1.807) is 6.20 Å². The zero-order valence-corrected chi connectivity index (χ0v) is 9.07. The predicted molar refractivity (Wildman–Crippen MR) is 56.4 cm³/mol. The molecule has 0 aromatic carbocycles. The number of aryl methyl sites for hydroxylation is 1. The lowest BCUT2D eigenvalue weighted by Crippen LogP contribution is -2.12. The van der Waals surface area contributed by atoms with E-state index in [4.69, 9.17) is 0 Å². The van der Waals surface area contributed by atoms with E-state index < -0.39 is 0 Å². The van der Waals surface area contributed by atoms with Gasteiger partial charge in [0, 0.05) is 17.8 Å². The van der Waals surface area contributed by atoms with Gasteiger partial charge in [0.15, 0.2) is 0 Å². The van der Waals surface area contributed by atoms with Gasteiger partial charge >= 0.3 is 0 Å². The van der Waals surface area contributed by atoms with Gasteiger partial charge in [0.2, 0.25) is 0 Å². The molecular weight excluding hydrogens is 174 g/mol. The van der Waals surface area contributed by atoms with E-state index in [0.29, 0.717) is 0 Å². The van der Waals surface area contributed by atoms with Gasteiger partial charge in [-0.15, -0.1) is 0 Å².